The highest BCUT2D eigenvalue weighted by atomic mass is 32.1. The summed E-state index contributed by atoms with van der Waals surface area (Å²) in [5.74, 6) is 0.896. The Morgan fingerprint density at radius 3 is 3.07 bits per heavy atom. The van der Waals surface area contributed by atoms with Crippen LogP contribution in [0.1, 0.15) is 24.6 Å². The molecule has 1 atom stereocenters. The highest BCUT2D eigenvalue weighted by Gasteiger charge is 2.26. The van der Waals surface area contributed by atoms with E-state index in [1.165, 1.54) is 11.3 Å². The molecule has 5 nitrogen and oxygen atoms in total. The Hall–Kier alpha value is -1.96. The monoisotopic (exact) mass is 402 g/mol. The highest BCUT2D eigenvalue weighted by Crippen LogP contribution is 2.32. The second-order valence-corrected chi connectivity index (χ2v) is 8.50. The summed E-state index contributed by atoms with van der Waals surface area (Å²) >= 11 is 3.14. The second-order valence-electron chi connectivity index (χ2n) is 6.45. The summed E-state index contributed by atoms with van der Waals surface area (Å²) in [4.78, 5) is 20.7. The molecule has 0 spiro atoms. The van der Waals surface area contributed by atoms with Crippen LogP contribution in [0.2, 0.25) is 0 Å². The van der Waals surface area contributed by atoms with Crippen LogP contribution in [0.3, 0.4) is 0 Å². The zero-order valence-electron chi connectivity index (χ0n) is 15.2. The molecular weight excluding hydrogens is 380 g/mol. The van der Waals surface area contributed by atoms with Gasteiger partial charge in [0.05, 0.1) is 35.9 Å². The number of aromatic nitrogens is 1. The van der Waals surface area contributed by atoms with Gasteiger partial charge in [0.2, 0.25) is 5.91 Å². The van der Waals surface area contributed by atoms with Crippen molar-refractivity contribution in [2.75, 3.05) is 24.7 Å². The fraction of sp³-hybridized carbons (Fsp3) is 0.400. The van der Waals surface area contributed by atoms with Crippen LogP contribution in [0.5, 0.6) is 5.75 Å². The van der Waals surface area contributed by atoms with E-state index in [1.807, 2.05) is 42.6 Å². The topological polar surface area (TPSA) is 51.7 Å². The quantitative estimate of drug-likeness (QED) is 0.583. The van der Waals surface area contributed by atoms with E-state index >= 15 is 0 Å². The van der Waals surface area contributed by atoms with Gasteiger partial charge in [0, 0.05) is 11.5 Å². The lowest BCUT2D eigenvalue weighted by atomic mass is 10.2. The molecule has 1 amide bonds. The van der Waals surface area contributed by atoms with Gasteiger partial charge in [-0.1, -0.05) is 17.4 Å². The number of carbonyl (C=O) groups is 1. The first-order chi connectivity index (χ1) is 13.2. The zero-order valence-corrected chi connectivity index (χ0v) is 16.9. The number of ether oxygens (including phenoxy) is 2. The normalized spacial score (nSPS) is 16.7. The number of carbonyl (C=O) groups excluding carboxylic acids is 1. The van der Waals surface area contributed by atoms with Crippen LogP contribution in [-0.2, 0) is 16.0 Å². The summed E-state index contributed by atoms with van der Waals surface area (Å²) in [6.45, 7) is 3.92. The zero-order chi connectivity index (χ0) is 18.6. The number of amides is 1. The van der Waals surface area contributed by atoms with Crippen molar-refractivity contribution in [3.05, 3.63) is 40.6 Å². The van der Waals surface area contributed by atoms with Gasteiger partial charge in [-0.3, -0.25) is 9.69 Å². The molecule has 0 radical (unpaired) electrons. The number of benzene rings is 1. The first-order valence-electron chi connectivity index (χ1n) is 9.20. The fourth-order valence-electron chi connectivity index (χ4n) is 3.20. The minimum atomic E-state index is 0.0667. The molecule has 3 heterocycles. The van der Waals surface area contributed by atoms with Crippen LogP contribution >= 0.6 is 22.7 Å². The standard InChI is InChI=1S/C20H22N2O3S2/c1-2-24-14-7-8-17-18(11-14)27-20(21-17)22(13-15-5-3-9-25-15)19(23)12-16-6-4-10-26-16/h4,6-8,10-11,15H,2-3,5,9,12-13H2,1H3. The van der Waals surface area contributed by atoms with Crippen molar-refractivity contribution >= 4 is 43.9 Å². The summed E-state index contributed by atoms with van der Waals surface area (Å²) < 4.78 is 12.4. The summed E-state index contributed by atoms with van der Waals surface area (Å²) in [6, 6.07) is 9.85. The molecule has 2 aromatic heterocycles. The molecule has 0 bridgehead atoms. The van der Waals surface area contributed by atoms with E-state index in [-0.39, 0.29) is 12.0 Å². The maximum absolute atomic E-state index is 13.1. The molecule has 3 aromatic rings. The van der Waals surface area contributed by atoms with E-state index in [0.29, 0.717) is 19.6 Å². The molecular formula is C20H22N2O3S2. The summed E-state index contributed by atoms with van der Waals surface area (Å²) in [5.41, 5.74) is 0.889. The summed E-state index contributed by atoms with van der Waals surface area (Å²) in [7, 11) is 0. The van der Waals surface area contributed by atoms with Gasteiger partial charge in [-0.15, -0.1) is 11.3 Å². The van der Waals surface area contributed by atoms with Crippen molar-refractivity contribution in [1.82, 2.24) is 4.98 Å². The minimum absolute atomic E-state index is 0.0667. The van der Waals surface area contributed by atoms with Crippen molar-refractivity contribution in [2.24, 2.45) is 0 Å². The third kappa shape index (κ3) is 4.31. The minimum Gasteiger partial charge on any atom is -0.494 e. The van der Waals surface area contributed by atoms with Crippen molar-refractivity contribution < 1.29 is 14.3 Å². The molecule has 1 aromatic carbocycles. The smallest absolute Gasteiger partial charge is 0.234 e. The van der Waals surface area contributed by atoms with E-state index in [4.69, 9.17) is 14.5 Å². The van der Waals surface area contributed by atoms with Crippen molar-refractivity contribution in [3.8, 4) is 5.75 Å². The van der Waals surface area contributed by atoms with Crippen LogP contribution in [-0.4, -0.2) is 36.8 Å². The van der Waals surface area contributed by atoms with Crippen LogP contribution in [0.25, 0.3) is 10.2 Å². The van der Waals surface area contributed by atoms with E-state index in [1.54, 1.807) is 16.2 Å². The van der Waals surface area contributed by atoms with Gasteiger partial charge >= 0.3 is 0 Å². The SMILES string of the molecule is CCOc1ccc2nc(N(CC3CCCO3)C(=O)Cc3cccs3)sc2c1. The van der Waals surface area contributed by atoms with Gasteiger partial charge in [0.15, 0.2) is 5.13 Å². The molecule has 7 heteroatoms. The predicted octanol–water partition coefficient (Wildman–Crippen LogP) is 4.51. The Morgan fingerprint density at radius 2 is 2.33 bits per heavy atom. The molecule has 1 fully saturated rings. The lowest BCUT2D eigenvalue weighted by molar-refractivity contribution is -0.118. The Bertz CT molecular complexity index is 901. The maximum Gasteiger partial charge on any atom is 0.234 e. The molecule has 0 aliphatic carbocycles. The number of anilines is 1. The molecule has 4 rings (SSSR count). The van der Waals surface area contributed by atoms with Crippen LogP contribution in [0.15, 0.2) is 35.7 Å². The fourth-order valence-corrected chi connectivity index (χ4v) is 4.92. The molecule has 0 saturated carbocycles. The number of thiazole rings is 1. The lowest BCUT2D eigenvalue weighted by Crippen LogP contribution is -2.38. The second kappa shape index (κ2) is 8.37. The Labute approximate surface area is 166 Å². The van der Waals surface area contributed by atoms with Crippen molar-refractivity contribution in [3.63, 3.8) is 0 Å². The lowest BCUT2D eigenvalue weighted by Gasteiger charge is -2.22. The third-order valence-electron chi connectivity index (χ3n) is 4.51. The highest BCUT2D eigenvalue weighted by molar-refractivity contribution is 7.22. The number of thiophene rings is 1. The van der Waals surface area contributed by atoms with Gasteiger partial charge < -0.3 is 9.47 Å². The largest absolute Gasteiger partial charge is 0.494 e. The van der Waals surface area contributed by atoms with E-state index < -0.39 is 0 Å². The van der Waals surface area contributed by atoms with Crippen LogP contribution in [0, 0.1) is 0 Å². The first kappa shape index (κ1) is 18.4. The van der Waals surface area contributed by atoms with Crippen LogP contribution in [0.4, 0.5) is 5.13 Å². The average Bonchev–Trinajstić information content (AvgIpc) is 3.41. The van der Waals surface area contributed by atoms with E-state index in [2.05, 4.69) is 0 Å². The van der Waals surface area contributed by atoms with Crippen LogP contribution < -0.4 is 9.64 Å². The van der Waals surface area contributed by atoms with Crippen molar-refractivity contribution in [2.45, 2.75) is 32.3 Å². The number of rotatable bonds is 7. The molecule has 0 N–H and O–H groups in total. The predicted molar refractivity (Wildman–Crippen MR) is 110 cm³/mol. The number of hydrogen-bond donors (Lipinski definition) is 0. The Kier molecular flexibility index (Phi) is 5.71. The van der Waals surface area contributed by atoms with E-state index in [0.717, 1.165) is 45.4 Å². The summed E-state index contributed by atoms with van der Waals surface area (Å²) in [5, 5.41) is 2.73. The number of hydrogen-bond acceptors (Lipinski definition) is 6. The Morgan fingerprint density at radius 1 is 1.41 bits per heavy atom. The maximum atomic E-state index is 13.1. The van der Waals surface area contributed by atoms with Gasteiger partial charge in [-0.25, -0.2) is 4.98 Å². The number of nitrogens with zero attached hydrogens (tertiary/aromatic N) is 2. The summed E-state index contributed by atoms with van der Waals surface area (Å²) in [6.07, 6.45) is 2.52. The Balaban J connectivity index is 1.62. The molecule has 142 valence electrons. The molecule has 1 saturated heterocycles. The van der Waals surface area contributed by atoms with Gasteiger partial charge in [0.25, 0.3) is 0 Å². The van der Waals surface area contributed by atoms with Crippen molar-refractivity contribution in [1.29, 1.82) is 0 Å². The first-order valence-corrected chi connectivity index (χ1v) is 10.9. The van der Waals surface area contributed by atoms with Gasteiger partial charge in [-0.2, -0.15) is 0 Å². The third-order valence-corrected chi connectivity index (χ3v) is 6.42. The molecule has 1 aliphatic rings. The number of fused-ring (bicyclic) bond motifs is 1. The van der Waals surface area contributed by atoms with Gasteiger partial charge in [0.1, 0.15) is 5.75 Å². The van der Waals surface area contributed by atoms with Gasteiger partial charge in [-0.05, 0) is 49.4 Å². The molecule has 1 unspecified atom stereocenters. The van der Waals surface area contributed by atoms with E-state index in [9.17, 15) is 4.79 Å². The average molecular weight is 403 g/mol. The molecule has 27 heavy (non-hydrogen) atoms. The molecule has 1 aliphatic heterocycles.